The van der Waals surface area contributed by atoms with Crippen molar-refractivity contribution in [3.8, 4) is 17.4 Å². The highest BCUT2D eigenvalue weighted by Gasteiger charge is 2.73. The van der Waals surface area contributed by atoms with E-state index in [9.17, 15) is 60.7 Å². The summed E-state index contributed by atoms with van der Waals surface area (Å²) in [7, 11) is 0. The lowest BCUT2D eigenvalue weighted by Gasteiger charge is -2.39. The number of aliphatic hydroxyl groups excluding tert-OH is 4. The number of rotatable bonds is 12. The van der Waals surface area contributed by atoms with Crippen molar-refractivity contribution in [3.05, 3.63) is 63.7 Å². The number of ether oxygens (including phenoxy) is 4. The van der Waals surface area contributed by atoms with E-state index in [0.717, 1.165) is 12.3 Å². The van der Waals surface area contributed by atoms with Gasteiger partial charge in [0.1, 0.15) is 29.4 Å². The van der Waals surface area contributed by atoms with Crippen LogP contribution in [0, 0.1) is 0 Å². The maximum absolute atomic E-state index is 13.6. The fourth-order valence-electron chi connectivity index (χ4n) is 4.91. The Bertz CT molecular complexity index is 1560. The number of hydrogen-bond donors (Lipinski definition) is 5. The molecule has 6 atom stereocenters. The molecule has 1 aromatic carbocycles. The molecular weight excluding hydrogens is 704 g/mol. The van der Waals surface area contributed by atoms with E-state index in [1.54, 1.807) is 0 Å². The number of aliphatic hydroxyl groups is 5. The number of thiazole rings is 1. The van der Waals surface area contributed by atoms with Gasteiger partial charge in [0.05, 0.1) is 12.7 Å². The minimum absolute atomic E-state index is 0.0551. The molecule has 1 aliphatic carbocycles. The predicted octanol–water partition coefficient (Wildman–Crippen LogP) is 3.55. The van der Waals surface area contributed by atoms with Gasteiger partial charge in [-0.1, -0.05) is 12.1 Å². The molecule has 1 aliphatic heterocycles. The summed E-state index contributed by atoms with van der Waals surface area (Å²) in [4.78, 5) is 7.19. The van der Waals surface area contributed by atoms with Crippen LogP contribution in [-0.2, 0) is 16.8 Å². The van der Waals surface area contributed by atoms with Crippen LogP contribution in [0.3, 0.4) is 0 Å². The van der Waals surface area contributed by atoms with Gasteiger partial charge in [0.2, 0.25) is 12.2 Å². The van der Waals surface area contributed by atoms with E-state index < -0.39 is 72.8 Å². The highest BCUT2D eigenvalue weighted by atomic mass is 32.1. The van der Waals surface area contributed by atoms with Gasteiger partial charge in [-0.15, -0.1) is 11.3 Å². The quantitative estimate of drug-likeness (QED) is 0.173. The molecule has 0 amide bonds. The van der Waals surface area contributed by atoms with E-state index in [2.05, 4.69) is 14.7 Å². The van der Waals surface area contributed by atoms with Crippen LogP contribution in [0.15, 0.2) is 42.7 Å². The Morgan fingerprint density at radius 2 is 1.57 bits per heavy atom. The molecule has 2 aromatic heterocycles. The van der Waals surface area contributed by atoms with Crippen molar-refractivity contribution < 1.29 is 79.6 Å². The number of benzene rings is 1. The zero-order chi connectivity index (χ0) is 35.9. The summed E-state index contributed by atoms with van der Waals surface area (Å²) < 4.78 is 129. The van der Waals surface area contributed by atoms with Crippen LogP contribution >= 0.6 is 11.3 Å². The molecule has 1 saturated carbocycles. The monoisotopic (exact) mass is 732 g/mol. The van der Waals surface area contributed by atoms with Crippen LogP contribution in [0.1, 0.15) is 39.8 Å². The molecule has 11 nitrogen and oxygen atoms in total. The van der Waals surface area contributed by atoms with E-state index in [-0.39, 0.29) is 51.7 Å². The second-order valence-corrected chi connectivity index (χ2v) is 12.3. The summed E-state index contributed by atoms with van der Waals surface area (Å²) in [5.74, 6) is -1.77. The summed E-state index contributed by atoms with van der Waals surface area (Å²) in [5, 5.41) is 47.8. The third kappa shape index (κ3) is 7.84. The van der Waals surface area contributed by atoms with E-state index >= 15 is 0 Å². The standard InChI is InChI=1S/C29H28F8N2O9S/c30-26(31)47-16-5-2-13(8-17(16)45-14-3-4-14)15(19-10-39-25(49-19)27(44,28(32,33)34)29(35,36)37)7-12-1-6-20(38-9-12)48-24-23(43)22(42)21(41)18(11-40)46-24/h1-2,5-6,8-10,14-15,18,21-24,26,40-44H,3-4,7,11H2/t15-,18?,21+,22?,23-,24-/m0/s1. The molecule has 0 spiro atoms. The summed E-state index contributed by atoms with van der Waals surface area (Å²) in [6.45, 7) is -3.95. The minimum atomic E-state index is -6.18. The first-order valence-electron chi connectivity index (χ1n) is 14.4. The average molecular weight is 733 g/mol. The topological polar surface area (TPSA) is 164 Å². The molecule has 2 unspecified atom stereocenters. The third-order valence-corrected chi connectivity index (χ3v) is 8.94. The molecule has 3 heterocycles. The van der Waals surface area contributed by atoms with Crippen LogP contribution in [-0.4, -0.2) is 97.9 Å². The first-order valence-corrected chi connectivity index (χ1v) is 15.2. The molecular formula is C29H28F8N2O9S. The highest BCUT2D eigenvalue weighted by molar-refractivity contribution is 7.11. The van der Waals surface area contributed by atoms with Gasteiger partial charge < -0.3 is 44.5 Å². The fraction of sp³-hybridized carbons (Fsp3) is 0.517. The van der Waals surface area contributed by atoms with E-state index in [1.165, 1.54) is 30.5 Å². The van der Waals surface area contributed by atoms with Crippen molar-refractivity contribution in [1.82, 2.24) is 9.97 Å². The Hall–Kier alpha value is -3.40. The molecule has 2 fully saturated rings. The van der Waals surface area contributed by atoms with Gasteiger partial charge in [0.15, 0.2) is 11.5 Å². The zero-order valence-corrected chi connectivity index (χ0v) is 25.5. The molecule has 0 radical (unpaired) electrons. The van der Waals surface area contributed by atoms with Gasteiger partial charge in [-0.2, -0.15) is 35.1 Å². The van der Waals surface area contributed by atoms with Crippen molar-refractivity contribution in [2.75, 3.05) is 6.61 Å². The average Bonchev–Trinajstić information content (AvgIpc) is 3.71. The van der Waals surface area contributed by atoms with Gasteiger partial charge >= 0.3 is 24.6 Å². The van der Waals surface area contributed by atoms with E-state index in [4.69, 9.17) is 14.2 Å². The first-order chi connectivity index (χ1) is 22.9. The second-order valence-electron chi connectivity index (χ2n) is 11.3. The van der Waals surface area contributed by atoms with E-state index in [1.807, 2.05) is 0 Å². The van der Waals surface area contributed by atoms with Gasteiger partial charge in [-0.25, -0.2) is 9.97 Å². The Morgan fingerprint density at radius 1 is 0.878 bits per heavy atom. The predicted molar refractivity (Wildman–Crippen MR) is 149 cm³/mol. The maximum atomic E-state index is 13.6. The molecule has 5 N–H and O–H groups in total. The summed E-state index contributed by atoms with van der Waals surface area (Å²) in [6, 6.07) is 6.32. The maximum Gasteiger partial charge on any atom is 0.433 e. The van der Waals surface area contributed by atoms with Crippen molar-refractivity contribution in [2.45, 2.75) is 86.6 Å². The summed E-state index contributed by atoms with van der Waals surface area (Å²) >= 11 is -0.0551. The number of aromatic nitrogens is 2. The Kier molecular flexibility index (Phi) is 10.6. The van der Waals surface area contributed by atoms with Crippen LogP contribution in [0.4, 0.5) is 35.1 Å². The molecule has 270 valence electrons. The van der Waals surface area contributed by atoms with Gasteiger partial charge in [-0.3, -0.25) is 0 Å². The van der Waals surface area contributed by atoms with Crippen molar-refractivity contribution in [2.24, 2.45) is 0 Å². The van der Waals surface area contributed by atoms with Gasteiger partial charge in [-0.05, 0) is 42.5 Å². The number of alkyl halides is 8. The first kappa shape index (κ1) is 36.9. The molecule has 2 aliphatic rings. The van der Waals surface area contributed by atoms with Gasteiger partial charge in [0, 0.05) is 29.3 Å². The minimum Gasteiger partial charge on any atom is -0.487 e. The Balaban J connectivity index is 1.48. The van der Waals surface area contributed by atoms with Crippen molar-refractivity contribution in [1.29, 1.82) is 0 Å². The lowest BCUT2D eigenvalue weighted by atomic mass is 9.91. The van der Waals surface area contributed by atoms with Crippen LogP contribution in [0.25, 0.3) is 0 Å². The van der Waals surface area contributed by atoms with Crippen molar-refractivity contribution >= 4 is 11.3 Å². The molecule has 20 heteroatoms. The Morgan fingerprint density at radius 3 is 2.14 bits per heavy atom. The molecule has 0 bridgehead atoms. The largest absolute Gasteiger partial charge is 0.487 e. The lowest BCUT2D eigenvalue weighted by Crippen LogP contribution is -2.60. The van der Waals surface area contributed by atoms with Crippen LogP contribution < -0.4 is 14.2 Å². The Labute approximate surface area is 275 Å². The summed E-state index contributed by atoms with van der Waals surface area (Å²) in [5.41, 5.74) is -4.77. The highest BCUT2D eigenvalue weighted by Crippen LogP contribution is 2.52. The molecule has 49 heavy (non-hydrogen) atoms. The second kappa shape index (κ2) is 14.1. The number of hydrogen-bond acceptors (Lipinski definition) is 12. The van der Waals surface area contributed by atoms with Crippen molar-refractivity contribution in [3.63, 3.8) is 0 Å². The van der Waals surface area contributed by atoms with Crippen LogP contribution in [0.5, 0.6) is 17.4 Å². The van der Waals surface area contributed by atoms with E-state index in [0.29, 0.717) is 18.4 Å². The normalized spacial score (nSPS) is 24.2. The smallest absolute Gasteiger partial charge is 0.433 e. The molecule has 5 rings (SSSR count). The lowest BCUT2D eigenvalue weighted by molar-refractivity contribution is -0.376. The SMILES string of the molecule is OCC1O[C@@H](Oc2ccc(C[C@@H](c3ccc(OC(F)F)c(OC4CC4)c3)c3cnc(C(O)(C(F)(F)F)C(F)(F)F)s3)cn2)[C@@H](O)C(O)[C@@H]1O. The summed E-state index contributed by atoms with van der Waals surface area (Å²) in [6.07, 6.45) is -17.7. The number of nitrogens with zero attached hydrogens (tertiary/aromatic N) is 2. The van der Waals surface area contributed by atoms with Crippen LogP contribution in [0.2, 0.25) is 0 Å². The molecule has 1 saturated heterocycles. The number of pyridine rings is 1. The molecule has 3 aromatic rings. The third-order valence-electron chi connectivity index (χ3n) is 7.72. The van der Waals surface area contributed by atoms with Gasteiger partial charge in [0.25, 0.3) is 0 Å². The number of halogens is 8. The fourth-order valence-corrected chi connectivity index (χ4v) is 6.09. The zero-order valence-electron chi connectivity index (χ0n) is 24.7.